The number of amides is 1. The normalized spacial score (nSPS) is 13.4. The van der Waals surface area contributed by atoms with E-state index in [0.29, 0.717) is 18.9 Å². The molecular weight excluding hydrogens is 358 g/mol. The number of hydrogen-bond acceptors (Lipinski definition) is 2. The summed E-state index contributed by atoms with van der Waals surface area (Å²) in [4.78, 5) is 12.7. The molecule has 1 heterocycles. The molecule has 3 heteroatoms. The van der Waals surface area contributed by atoms with Crippen molar-refractivity contribution in [1.29, 1.82) is 0 Å². The van der Waals surface area contributed by atoms with Crippen LogP contribution in [-0.4, -0.2) is 12.5 Å². The van der Waals surface area contributed by atoms with E-state index in [0.717, 1.165) is 35.4 Å². The number of fused-ring (bicyclic) bond motifs is 1. The molecule has 0 aliphatic carbocycles. The number of carbonyl (C=O) groups is 1. The zero-order chi connectivity index (χ0) is 21.3. The van der Waals surface area contributed by atoms with Crippen molar-refractivity contribution in [2.24, 2.45) is 5.41 Å². The van der Waals surface area contributed by atoms with Gasteiger partial charge < -0.3 is 10.1 Å². The zero-order valence-electron chi connectivity index (χ0n) is 19.0. The first-order valence-electron chi connectivity index (χ1n) is 10.7. The Balaban J connectivity index is 1.96. The Morgan fingerprint density at radius 3 is 2.34 bits per heavy atom. The van der Waals surface area contributed by atoms with Gasteiger partial charge in [0.05, 0.1) is 6.61 Å². The predicted octanol–water partition coefficient (Wildman–Crippen LogP) is 6.33. The Bertz CT molecular complexity index is 902. The van der Waals surface area contributed by atoms with Crippen molar-refractivity contribution < 1.29 is 9.53 Å². The van der Waals surface area contributed by atoms with Crippen LogP contribution in [0.3, 0.4) is 0 Å². The number of hydrogen-bond donors (Lipinski definition) is 1. The van der Waals surface area contributed by atoms with Crippen LogP contribution in [0.25, 0.3) is 0 Å². The molecule has 1 N–H and O–H groups in total. The summed E-state index contributed by atoms with van der Waals surface area (Å²) in [5, 5.41) is 3.22. The number of nitrogens with one attached hydrogen (secondary N) is 1. The van der Waals surface area contributed by atoms with E-state index in [1.165, 1.54) is 22.3 Å². The predicted molar refractivity (Wildman–Crippen MR) is 121 cm³/mol. The second-order valence-electron chi connectivity index (χ2n) is 9.87. The average molecular weight is 394 g/mol. The van der Waals surface area contributed by atoms with Gasteiger partial charge in [0, 0.05) is 36.1 Å². The van der Waals surface area contributed by atoms with Crippen molar-refractivity contribution >= 4 is 11.6 Å². The lowest BCUT2D eigenvalue weighted by Gasteiger charge is -2.22. The molecule has 0 atom stereocenters. The molecule has 0 spiro atoms. The van der Waals surface area contributed by atoms with Gasteiger partial charge in [-0.25, -0.2) is 0 Å². The molecular formula is C26H35NO2. The van der Waals surface area contributed by atoms with Gasteiger partial charge in [0.2, 0.25) is 5.91 Å². The van der Waals surface area contributed by atoms with E-state index in [4.69, 9.17) is 4.74 Å². The molecule has 2 aromatic carbocycles. The summed E-state index contributed by atoms with van der Waals surface area (Å²) in [5.74, 6) is 1.64. The van der Waals surface area contributed by atoms with Gasteiger partial charge >= 0.3 is 0 Å². The maximum Gasteiger partial charge on any atom is 0.224 e. The van der Waals surface area contributed by atoms with Crippen molar-refractivity contribution in [3.63, 3.8) is 0 Å². The molecule has 3 rings (SSSR count). The maximum absolute atomic E-state index is 12.7. The SMILES string of the molecule is Cc1c2c(c(Cc3ccc(C(C)C)cc3)c(C)c1NC(=O)CC(C)(C)C)OCC2. The van der Waals surface area contributed by atoms with Gasteiger partial charge in [-0.1, -0.05) is 58.9 Å². The molecule has 1 aliphatic heterocycles. The second-order valence-corrected chi connectivity index (χ2v) is 9.87. The van der Waals surface area contributed by atoms with Gasteiger partial charge in [0.15, 0.2) is 0 Å². The van der Waals surface area contributed by atoms with E-state index in [1.54, 1.807) is 0 Å². The smallest absolute Gasteiger partial charge is 0.224 e. The van der Waals surface area contributed by atoms with E-state index < -0.39 is 0 Å². The Morgan fingerprint density at radius 1 is 1.10 bits per heavy atom. The minimum absolute atomic E-state index is 0.0350. The summed E-state index contributed by atoms with van der Waals surface area (Å²) in [5.41, 5.74) is 8.28. The fourth-order valence-electron chi connectivity index (χ4n) is 4.13. The number of rotatable bonds is 5. The number of benzene rings is 2. The van der Waals surface area contributed by atoms with Crippen molar-refractivity contribution in [3.05, 3.63) is 57.6 Å². The van der Waals surface area contributed by atoms with Crippen LogP contribution in [0.4, 0.5) is 5.69 Å². The highest BCUT2D eigenvalue weighted by Crippen LogP contribution is 2.41. The summed E-state index contributed by atoms with van der Waals surface area (Å²) < 4.78 is 6.05. The molecule has 0 aromatic heterocycles. The highest BCUT2D eigenvalue weighted by molar-refractivity contribution is 5.93. The molecule has 156 valence electrons. The van der Waals surface area contributed by atoms with Gasteiger partial charge in [0.25, 0.3) is 0 Å². The first-order valence-corrected chi connectivity index (χ1v) is 10.7. The fraction of sp³-hybridized carbons (Fsp3) is 0.500. The van der Waals surface area contributed by atoms with Crippen LogP contribution in [0.1, 0.15) is 80.3 Å². The lowest BCUT2D eigenvalue weighted by Crippen LogP contribution is -2.21. The molecule has 0 bridgehead atoms. The van der Waals surface area contributed by atoms with E-state index in [1.807, 2.05) is 0 Å². The topological polar surface area (TPSA) is 38.3 Å². The lowest BCUT2D eigenvalue weighted by atomic mass is 9.89. The van der Waals surface area contributed by atoms with E-state index in [9.17, 15) is 4.79 Å². The van der Waals surface area contributed by atoms with Crippen LogP contribution >= 0.6 is 0 Å². The molecule has 0 unspecified atom stereocenters. The van der Waals surface area contributed by atoms with Crippen molar-refractivity contribution in [3.8, 4) is 5.75 Å². The van der Waals surface area contributed by atoms with Gasteiger partial charge in [-0.2, -0.15) is 0 Å². The third-order valence-corrected chi connectivity index (χ3v) is 5.78. The quantitative estimate of drug-likeness (QED) is 0.645. The number of carbonyl (C=O) groups excluding carboxylic acids is 1. The van der Waals surface area contributed by atoms with Gasteiger partial charge in [-0.05, 0) is 47.4 Å². The second kappa shape index (κ2) is 8.22. The largest absolute Gasteiger partial charge is 0.493 e. The number of anilines is 1. The summed E-state index contributed by atoms with van der Waals surface area (Å²) in [6, 6.07) is 8.87. The van der Waals surface area contributed by atoms with E-state index in [2.05, 4.69) is 78.0 Å². The highest BCUT2D eigenvalue weighted by atomic mass is 16.5. The van der Waals surface area contributed by atoms with Crippen LogP contribution in [0.15, 0.2) is 24.3 Å². The molecule has 0 saturated heterocycles. The molecule has 2 aromatic rings. The number of ether oxygens (including phenoxy) is 1. The van der Waals surface area contributed by atoms with Gasteiger partial charge in [-0.3, -0.25) is 4.79 Å². The Labute approximate surface area is 175 Å². The molecule has 29 heavy (non-hydrogen) atoms. The monoisotopic (exact) mass is 393 g/mol. The lowest BCUT2D eigenvalue weighted by molar-refractivity contribution is -0.117. The highest BCUT2D eigenvalue weighted by Gasteiger charge is 2.26. The summed E-state index contributed by atoms with van der Waals surface area (Å²) in [6.45, 7) is 15.6. The standard InChI is InChI=1S/C26H35NO2/c1-16(2)20-10-8-19(9-11-20)14-22-18(4)24(27-23(28)15-26(5,6)7)17(3)21-12-13-29-25(21)22/h8-11,16H,12-15H2,1-7H3,(H,27,28). The molecule has 0 saturated carbocycles. The molecule has 1 aliphatic rings. The van der Waals surface area contributed by atoms with Crippen LogP contribution in [0.2, 0.25) is 0 Å². The molecule has 0 radical (unpaired) electrons. The first kappa shape index (κ1) is 21.4. The Kier molecular flexibility index (Phi) is 6.07. The third-order valence-electron chi connectivity index (χ3n) is 5.78. The Hall–Kier alpha value is -2.29. The van der Waals surface area contributed by atoms with Crippen LogP contribution in [0.5, 0.6) is 5.75 Å². The minimum atomic E-state index is -0.0350. The van der Waals surface area contributed by atoms with Gasteiger partial charge in [-0.15, -0.1) is 0 Å². The van der Waals surface area contributed by atoms with Gasteiger partial charge in [0.1, 0.15) is 5.75 Å². The summed E-state index contributed by atoms with van der Waals surface area (Å²) in [6.07, 6.45) is 2.23. The van der Waals surface area contributed by atoms with Crippen molar-refractivity contribution in [2.45, 2.75) is 73.6 Å². The van der Waals surface area contributed by atoms with Crippen LogP contribution < -0.4 is 10.1 Å². The maximum atomic E-state index is 12.7. The zero-order valence-corrected chi connectivity index (χ0v) is 19.0. The van der Waals surface area contributed by atoms with Crippen LogP contribution in [0, 0.1) is 19.3 Å². The minimum Gasteiger partial charge on any atom is -0.493 e. The van der Waals surface area contributed by atoms with Crippen LogP contribution in [-0.2, 0) is 17.6 Å². The molecule has 0 fully saturated rings. The third kappa shape index (κ3) is 4.83. The van der Waals surface area contributed by atoms with Crippen molar-refractivity contribution in [1.82, 2.24) is 0 Å². The van der Waals surface area contributed by atoms with E-state index >= 15 is 0 Å². The summed E-state index contributed by atoms with van der Waals surface area (Å²) >= 11 is 0. The summed E-state index contributed by atoms with van der Waals surface area (Å²) in [7, 11) is 0. The van der Waals surface area contributed by atoms with E-state index in [-0.39, 0.29) is 11.3 Å². The Morgan fingerprint density at radius 2 is 1.76 bits per heavy atom. The molecule has 1 amide bonds. The molecule has 3 nitrogen and oxygen atoms in total. The van der Waals surface area contributed by atoms with Crippen molar-refractivity contribution in [2.75, 3.05) is 11.9 Å². The first-order chi connectivity index (χ1) is 13.6. The average Bonchev–Trinajstić information content (AvgIpc) is 3.11. The fourth-order valence-corrected chi connectivity index (χ4v) is 4.13.